The lowest BCUT2D eigenvalue weighted by Gasteiger charge is -2.45. The molecular weight excluding hydrogens is 305 g/mol. The van der Waals surface area contributed by atoms with Gasteiger partial charge in [0.05, 0.1) is 18.7 Å². The molecule has 3 N–H and O–H groups in total. The molecule has 1 aromatic carbocycles. The number of nitrogens with zero attached hydrogens (tertiary/aromatic N) is 1. The smallest absolute Gasteiger partial charge is 0.416 e. The highest BCUT2D eigenvalue weighted by Crippen LogP contribution is 2.29. The largest absolute Gasteiger partial charge is 0.480 e. The lowest BCUT2D eigenvalue weighted by molar-refractivity contribution is -0.151. The van der Waals surface area contributed by atoms with E-state index in [1.165, 1.54) is 12.1 Å². The van der Waals surface area contributed by atoms with E-state index in [1.54, 1.807) is 0 Å². The summed E-state index contributed by atoms with van der Waals surface area (Å²) in [6.07, 6.45) is -5.64. The van der Waals surface area contributed by atoms with Gasteiger partial charge in [-0.1, -0.05) is 12.1 Å². The highest BCUT2D eigenvalue weighted by atomic mass is 19.4. The second-order valence-corrected chi connectivity index (χ2v) is 5.07. The number of carboxylic acids is 1. The quantitative estimate of drug-likeness (QED) is 0.785. The Labute approximate surface area is 123 Å². The number of carboxylic acid groups (broad SMARTS) is 2. The number of aliphatic carboxylic acids is 1. The normalized spacial score (nSPS) is 17.0. The number of rotatable bonds is 4. The van der Waals surface area contributed by atoms with Gasteiger partial charge in [0.2, 0.25) is 0 Å². The lowest BCUT2D eigenvalue weighted by atomic mass is 9.90. The van der Waals surface area contributed by atoms with Crippen molar-refractivity contribution in [3.05, 3.63) is 35.4 Å². The van der Waals surface area contributed by atoms with Crippen LogP contribution >= 0.6 is 0 Å². The first-order valence-corrected chi connectivity index (χ1v) is 6.26. The van der Waals surface area contributed by atoms with Gasteiger partial charge in [0.25, 0.3) is 0 Å². The number of nitrogens with one attached hydrogen (secondary N) is 1. The zero-order valence-corrected chi connectivity index (χ0v) is 11.2. The van der Waals surface area contributed by atoms with E-state index >= 15 is 0 Å². The van der Waals surface area contributed by atoms with Crippen LogP contribution in [0.25, 0.3) is 0 Å². The van der Waals surface area contributed by atoms with Gasteiger partial charge >= 0.3 is 18.2 Å². The van der Waals surface area contributed by atoms with Crippen LogP contribution in [-0.2, 0) is 17.5 Å². The molecule has 22 heavy (non-hydrogen) atoms. The summed E-state index contributed by atoms with van der Waals surface area (Å²) in [6, 6.07) is 4.32. The van der Waals surface area contributed by atoms with Crippen molar-refractivity contribution in [1.82, 2.24) is 10.2 Å². The van der Waals surface area contributed by atoms with E-state index in [2.05, 4.69) is 5.32 Å². The Kier molecular flexibility index (Phi) is 4.01. The van der Waals surface area contributed by atoms with Gasteiger partial charge in [-0.25, -0.2) is 4.79 Å². The molecule has 1 saturated heterocycles. The third-order valence-electron chi connectivity index (χ3n) is 3.51. The molecule has 2 rings (SSSR count). The number of carbonyl (C=O) groups is 2. The number of alkyl halides is 3. The first-order chi connectivity index (χ1) is 10.1. The van der Waals surface area contributed by atoms with Gasteiger partial charge in [0.15, 0.2) is 5.54 Å². The molecule has 0 bridgehead atoms. The highest BCUT2D eigenvalue weighted by molar-refractivity contribution is 5.84. The van der Waals surface area contributed by atoms with Crippen molar-refractivity contribution in [1.29, 1.82) is 0 Å². The Morgan fingerprint density at radius 2 is 1.73 bits per heavy atom. The average Bonchev–Trinajstić information content (AvgIpc) is 2.36. The maximum atomic E-state index is 12.4. The molecule has 0 atom stereocenters. The average molecular weight is 318 g/mol. The molecule has 1 aromatic rings. The van der Waals surface area contributed by atoms with Gasteiger partial charge in [0, 0.05) is 6.54 Å². The molecule has 0 unspecified atom stereocenters. The molecule has 1 aliphatic heterocycles. The predicted octanol–water partition coefficient (Wildman–Crippen LogP) is 1.61. The zero-order valence-electron chi connectivity index (χ0n) is 11.2. The maximum absolute atomic E-state index is 12.4. The van der Waals surface area contributed by atoms with Crippen molar-refractivity contribution in [3.8, 4) is 0 Å². The fourth-order valence-corrected chi connectivity index (χ4v) is 2.15. The first kappa shape index (κ1) is 16.1. The Bertz CT molecular complexity index is 580. The minimum atomic E-state index is -4.43. The zero-order chi connectivity index (χ0) is 16.5. The molecule has 9 heteroatoms. The van der Waals surface area contributed by atoms with Crippen molar-refractivity contribution in [2.24, 2.45) is 0 Å². The van der Waals surface area contributed by atoms with E-state index in [9.17, 15) is 27.9 Å². The summed E-state index contributed by atoms with van der Waals surface area (Å²) in [5.74, 6) is -1.20. The van der Waals surface area contributed by atoms with Crippen LogP contribution in [0.5, 0.6) is 0 Å². The number of benzene rings is 1. The Morgan fingerprint density at radius 1 is 1.18 bits per heavy atom. The van der Waals surface area contributed by atoms with Crippen LogP contribution < -0.4 is 5.32 Å². The highest BCUT2D eigenvalue weighted by Gasteiger charge is 2.51. The summed E-state index contributed by atoms with van der Waals surface area (Å²) in [5, 5.41) is 20.6. The van der Waals surface area contributed by atoms with E-state index in [0.717, 1.165) is 17.0 Å². The predicted molar refractivity (Wildman–Crippen MR) is 68.2 cm³/mol. The van der Waals surface area contributed by atoms with Crippen molar-refractivity contribution in [3.63, 3.8) is 0 Å². The van der Waals surface area contributed by atoms with Crippen LogP contribution in [0.4, 0.5) is 18.0 Å². The Hall–Kier alpha value is -2.29. The fraction of sp³-hybridized carbons (Fsp3) is 0.385. The number of hydrogen-bond acceptors (Lipinski definition) is 3. The molecule has 1 aliphatic rings. The minimum absolute atomic E-state index is 0.0257. The van der Waals surface area contributed by atoms with Crippen molar-refractivity contribution in [2.75, 3.05) is 13.1 Å². The Morgan fingerprint density at radius 3 is 2.14 bits per heavy atom. The fourth-order valence-electron chi connectivity index (χ4n) is 2.15. The van der Waals surface area contributed by atoms with Gasteiger partial charge < -0.3 is 15.1 Å². The molecule has 0 aliphatic carbocycles. The van der Waals surface area contributed by atoms with Crippen molar-refractivity contribution < 1.29 is 33.0 Å². The molecule has 0 spiro atoms. The van der Waals surface area contributed by atoms with Crippen molar-refractivity contribution >= 4 is 12.1 Å². The number of likely N-dealkylation sites (tertiary alicyclic amines) is 1. The summed E-state index contributed by atoms with van der Waals surface area (Å²) in [4.78, 5) is 22.9. The summed E-state index contributed by atoms with van der Waals surface area (Å²) in [6.45, 7) is -0.394. The third kappa shape index (κ3) is 3.14. The first-order valence-electron chi connectivity index (χ1n) is 6.26. The van der Waals surface area contributed by atoms with Crippen molar-refractivity contribution in [2.45, 2.75) is 18.3 Å². The molecular formula is C13H13F3N2O4. The van der Waals surface area contributed by atoms with E-state index in [0.29, 0.717) is 5.56 Å². The van der Waals surface area contributed by atoms with Gasteiger partial charge in [0.1, 0.15) is 0 Å². The minimum Gasteiger partial charge on any atom is -0.480 e. The lowest BCUT2D eigenvalue weighted by Crippen LogP contribution is -2.73. The molecule has 0 saturated carbocycles. The maximum Gasteiger partial charge on any atom is 0.416 e. The standard InChI is InChI=1S/C13H13F3N2O4/c14-13(15,16)9-3-1-8(2-4-9)5-17-12(10(19)20)6-18(7-12)11(21)22/h1-4,17H,5-7H2,(H,19,20)(H,21,22). The monoisotopic (exact) mass is 318 g/mol. The van der Waals surface area contributed by atoms with Crippen LogP contribution in [0, 0.1) is 0 Å². The van der Waals surface area contributed by atoms with Crippen LogP contribution in [0.2, 0.25) is 0 Å². The molecule has 1 amide bonds. The number of halogens is 3. The second-order valence-electron chi connectivity index (χ2n) is 5.07. The molecule has 6 nitrogen and oxygen atoms in total. The van der Waals surface area contributed by atoms with Gasteiger partial charge in [-0.2, -0.15) is 13.2 Å². The number of hydrogen-bond donors (Lipinski definition) is 3. The molecule has 0 aromatic heterocycles. The van der Waals surface area contributed by atoms with Crippen LogP contribution in [0.3, 0.4) is 0 Å². The Balaban J connectivity index is 1.99. The molecule has 1 fully saturated rings. The summed E-state index contributed by atoms with van der Waals surface area (Å²) >= 11 is 0. The van der Waals surface area contributed by atoms with E-state index < -0.39 is 29.3 Å². The number of amides is 1. The second kappa shape index (κ2) is 5.48. The molecule has 0 radical (unpaired) electrons. The summed E-state index contributed by atoms with van der Waals surface area (Å²) < 4.78 is 37.3. The molecule has 120 valence electrons. The van der Waals surface area contributed by atoms with Crippen LogP contribution in [-0.4, -0.2) is 45.8 Å². The summed E-state index contributed by atoms with van der Waals surface area (Å²) in [5.41, 5.74) is -1.71. The third-order valence-corrected chi connectivity index (χ3v) is 3.51. The van der Waals surface area contributed by atoms with Gasteiger partial charge in [-0.05, 0) is 17.7 Å². The van der Waals surface area contributed by atoms with Gasteiger partial charge in [-0.15, -0.1) is 0 Å². The SMILES string of the molecule is O=C(O)N1CC(NCc2ccc(C(F)(F)F)cc2)(C(=O)O)C1. The summed E-state index contributed by atoms with van der Waals surface area (Å²) in [7, 11) is 0. The van der Waals surface area contributed by atoms with E-state index in [-0.39, 0.29) is 19.6 Å². The van der Waals surface area contributed by atoms with Crippen LogP contribution in [0.1, 0.15) is 11.1 Å². The van der Waals surface area contributed by atoms with Gasteiger partial charge in [-0.3, -0.25) is 10.1 Å². The van der Waals surface area contributed by atoms with E-state index in [1.807, 2.05) is 0 Å². The topological polar surface area (TPSA) is 89.9 Å². The van der Waals surface area contributed by atoms with Crippen LogP contribution in [0.15, 0.2) is 24.3 Å². The molecule has 1 heterocycles. The van der Waals surface area contributed by atoms with E-state index in [4.69, 9.17) is 5.11 Å².